The van der Waals surface area contributed by atoms with E-state index in [9.17, 15) is 14.4 Å². The van der Waals surface area contributed by atoms with Crippen molar-refractivity contribution in [2.24, 2.45) is 17.8 Å². The molecule has 0 saturated heterocycles. The van der Waals surface area contributed by atoms with Gasteiger partial charge in [0.05, 0.1) is 23.4 Å². The minimum atomic E-state index is -0.412. The fourth-order valence-electron chi connectivity index (χ4n) is 5.78. The third-order valence-corrected chi connectivity index (χ3v) is 7.35. The second kappa shape index (κ2) is 8.08. The number of rotatable bonds is 6. The molecule has 2 saturated carbocycles. The highest BCUT2D eigenvalue weighted by molar-refractivity contribution is 6.34. The molecule has 1 heterocycles. The van der Waals surface area contributed by atoms with Crippen LogP contribution in [0.3, 0.4) is 0 Å². The summed E-state index contributed by atoms with van der Waals surface area (Å²) in [6, 6.07) is 11.7. The molecule has 2 aromatic carbocycles. The maximum Gasteiger partial charge on any atom is 0.266 e. The first-order chi connectivity index (χ1) is 15.5. The lowest BCUT2D eigenvalue weighted by Gasteiger charge is -2.28. The summed E-state index contributed by atoms with van der Waals surface area (Å²) in [6.45, 7) is 4.52. The molecule has 2 fully saturated rings. The molecule has 5 rings (SSSR count). The van der Waals surface area contributed by atoms with Crippen molar-refractivity contribution in [1.82, 2.24) is 5.32 Å². The van der Waals surface area contributed by atoms with Gasteiger partial charge in [-0.3, -0.25) is 14.4 Å². The molecular weight excluding hydrogens is 404 g/mol. The summed E-state index contributed by atoms with van der Waals surface area (Å²) in [5.41, 5.74) is 1.48. The molecule has 3 amide bonds. The monoisotopic (exact) mass is 432 g/mol. The summed E-state index contributed by atoms with van der Waals surface area (Å²) in [7, 11) is 0. The molecule has 2 aromatic rings. The van der Waals surface area contributed by atoms with Crippen LogP contribution in [0.25, 0.3) is 0 Å². The Bertz CT molecular complexity index is 1080. The molecule has 2 bridgehead atoms. The van der Waals surface area contributed by atoms with Crippen molar-refractivity contribution >= 4 is 23.4 Å². The molecule has 4 atom stereocenters. The van der Waals surface area contributed by atoms with Crippen LogP contribution in [0.15, 0.2) is 42.5 Å². The Balaban J connectivity index is 1.32. The molecule has 3 aliphatic rings. The van der Waals surface area contributed by atoms with E-state index in [2.05, 4.69) is 12.2 Å². The number of hydrogen-bond acceptors (Lipinski definition) is 4. The van der Waals surface area contributed by atoms with Gasteiger partial charge in [0.2, 0.25) is 0 Å². The Morgan fingerprint density at radius 1 is 1.06 bits per heavy atom. The molecule has 0 aromatic heterocycles. The van der Waals surface area contributed by atoms with Gasteiger partial charge in [0.1, 0.15) is 5.75 Å². The van der Waals surface area contributed by atoms with Crippen molar-refractivity contribution in [3.05, 3.63) is 59.2 Å². The van der Waals surface area contributed by atoms with E-state index in [-0.39, 0.29) is 23.4 Å². The lowest BCUT2D eigenvalue weighted by atomic mass is 9.84. The fourth-order valence-corrected chi connectivity index (χ4v) is 5.78. The van der Waals surface area contributed by atoms with Gasteiger partial charge in [-0.05, 0) is 93.3 Å². The van der Waals surface area contributed by atoms with Gasteiger partial charge in [-0.1, -0.05) is 6.42 Å². The van der Waals surface area contributed by atoms with Crippen LogP contribution in [0.4, 0.5) is 5.69 Å². The highest BCUT2D eigenvalue weighted by atomic mass is 16.5. The predicted molar refractivity (Wildman–Crippen MR) is 121 cm³/mol. The van der Waals surface area contributed by atoms with Gasteiger partial charge in [-0.2, -0.15) is 0 Å². The number of carbonyl (C=O) groups is 3. The number of carbonyl (C=O) groups excluding carboxylic acids is 3. The second-order valence-corrected chi connectivity index (χ2v) is 9.23. The Kier molecular flexibility index (Phi) is 5.24. The molecule has 2 aliphatic carbocycles. The molecule has 1 aliphatic heterocycles. The summed E-state index contributed by atoms with van der Waals surface area (Å²) in [5, 5.41) is 3.14. The van der Waals surface area contributed by atoms with Crippen LogP contribution in [-0.2, 0) is 0 Å². The lowest BCUT2D eigenvalue weighted by molar-refractivity contribution is 0.0910. The molecule has 166 valence electrons. The van der Waals surface area contributed by atoms with Gasteiger partial charge >= 0.3 is 0 Å². The summed E-state index contributed by atoms with van der Waals surface area (Å²) in [5.74, 6) is 1.77. The first kappa shape index (κ1) is 20.7. The first-order valence-electron chi connectivity index (χ1n) is 11.5. The van der Waals surface area contributed by atoms with E-state index in [1.807, 2.05) is 6.92 Å². The third kappa shape index (κ3) is 3.48. The van der Waals surface area contributed by atoms with E-state index < -0.39 is 5.91 Å². The predicted octanol–water partition coefficient (Wildman–Crippen LogP) is 4.44. The van der Waals surface area contributed by atoms with Crippen molar-refractivity contribution in [1.29, 1.82) is 0 Å². The summed E-state index contributed by atoms with van der Waals surface area (Å²) < 4.78 is 5.43. The molecule has 6 nitrogen and oxygen atoms in total. The lowest BCUT2D eigenvalue weighted by Crippen LogP contribution is -2.40. The van der Waals surface area contributed by atoms with E-state index in [1.165, 1.54) is 25.7 Å². The van der Waals surface area contributed by atoms with Gasteiger partial charge in [0.15, 0.2) is 0 Å². The van der Waals surface area contributed by atoms with Gasteiger partial charge in [-0.25, -0.2) is 4.90 Å². The average molecular weight is 433 g/mol. The van der Waals surface area contributed by atoms with Gasteiger partial charge in [0, 0.05) is 11.6 Å². The number of benzene rings is 2. The summed E-state index contributed by atoms with van der Waals surface area (Å²) in [6.07, 6.45) is 5.09. The Morgan fingerprint density at radius 3 is 2.47 bits per heavy atom. The van der Waals surface area contributed by atoms with E-state index in [4.69, 9.17) is 4.74 Å². The summed E-state index contributed by atoms with van der Waals surface area (Å²) in [4.78, 5) is 40.0. The van der Waals surface area contributed by atoms with Gasteiger partial charge in [-0.15, -0.1) is 0 Å². The molecule has 32 heavy (non-hydrogen) atoms. The van der Waals surface area contributed by atoms with Crippen LogP contribution in [-0.4, -0.2) is 30.4 Å². The number of amides is 3. The van der Waals surface area contributed by atoms with E-state index >= 15 is 0 Å². The van der Waals surface area contributed by atoms with Crippen LogP contribution < -0.4 is 15.0 Å². The van der Waals surface area contributed by atoms with Crippen molar-refractivity contribution in [3.8, 4) is 5.75 Å². The van der Waals surface area contributed by atoms with Crippen molar-refractivity contribution < 1.29 is 19.1 Å². The quantitative estimate of drug-likeness (QED) is 0.685. The number of ether oxygens (including phenoxy) is 1. The van der Waals surface area contributed by atoms with Crippen LogP contribution in [0.2, 0.25) is 0 Å². The Labute approximate surface area is 187 Å². The Hall–Kier alpha value is -3.15. The van der Waals surface area contributed by atoms with Crippen LogP contribution in [0, 0.1) is 17.8 Å². The zero-order valence-corrected chi connectivity index (χ0v) is 18.5. The van der Waals surface area contributed by atoms with Crippen molar-refractivity contribution in [2.45, 2.75) is 45.6 Å². The smallest absolute Gasteiger partial charge is 0.266 e. The SMILES string of the molecule is CCOc1ccc(N2C(=O)c3ccc(C(=O)NC(C)C4CC5CCC4C5)cc3C2=O)cc1. The molecule has 6 heteroatoms. The summed E-state index contributed by atoms with van der Waals surface area (Å²) >= 11 is 0. The van der Waals surface area contributed by atoms with Crippen molar-refractivity contribution in [3.63, 3.8) is 0 Å². The molecule has 1 N–H and O–H groups in total. The zero-order chi connectivity index (χ0) is 22.4. The van der Waals surface area contributed by atoms with Gasteiger partial charge in [0.25, 0.3) is 17.7 Å². The number of fused-ring (bicyclic) bond motifs is 3. The highest BCUT2D eigenvalue weighted by Crippen LogP contribution is 2.49. The third-order valence-electron chi connectivity index (χ3n) is 7.35. The first-order valence-corrected chi connectivity index (χ1v) is 11.5. The number of nitrogens with one attached hydrogen (secondary N) is 1. The van der Waals surface area contributed by atoms with Crippen LogP contribution in [0.1, 0.15) is 70.6 Å². The largest absolute Gasteiger partial charge is 0.494 e. The average Bonchev–Trinajstić information content (AvgIpc) is 3.49. The maximum atomic E-state index is 13.1. The molecular formula is C26H28N2O4. The zero-order valence-electron chi connectivity index (χ0n) is 18.5. The highest BCUT2D eigenvalue weighted by Gasteiger charge is 2.42. The van der Waals surface area contributed by atoms with E-state index in [0.29, 0.717) is 35.1 Å². The van der Waals surface area contributed by atoms with E-state index in [1.54, 1.807) is 42.5 Å². The Morgan fingerprint density at radius 2 is 1.81 bits per heavy atom. The van der Waals surface area contributed by atoms with Crippen LogP contribution in [0.5, 0.6) is 5.75 Å². The van der Waals surface area contributed by atoms with E-state index in [0.717, 1.165) is 16.7 Å². The maximum absolute atomic E-state index is 13.1. The molecule has 4 unspecified atom stereocenters. The van der Waals surface area contributed by atoms with Crippen molar-refractivity contribution in [2.75, 3.05) is 11.5 Å². The molecule has 0 radical (unpaired) electrons. The second-order valence-electron chi connectivity index (χ2n) is 9.23. The number of imide groups is 1. The molecule has 0 spiro atoms. The minimum Gasteiger partial charge on any atom is -0.494 e. The van der Waals surface area contributed by atoms with Crippen LogP contribution >= 0.6 is 0 Å². The topological polar surface area (TPSA) is 75.7 Å². The van der Waals surface area contributed by atoms with Gasteiger partial charge < -0.3 is 10.1 Å². The number of anilines is 1. The number of hydrogen-bond donors (Lipinski definition) is 1. The minimum absolute atomic E-state index is 0.101. The fraction of sp³-hybridized carbons (Fsp3) is 0.423. The normalized spacial score (nSPS) is 24.6. The number of nitrogens with zero attached hydrogens (tertiary/aromatic N) is 1. The standard InChI is InChI=1S/C26H28N2O4/c1-3-32-20-9-7-19(8-10-20)28-25(30)21-11-6-18(14-23(21)26(28)31)24(29)27-15(2)22-13-16-4-5-17(22)12-16/h6-11,14-17,22H,3-5,12-13H2,1-2H3,(H,27,29).